The smallest absolute Gasteiger partial charge is 0.194 e. The molecule has 0 fully saturated rings. The lowest BCUT2D eigenvalue weighted by atomic mass is 9.86. The average molecular weight is 358 g/mol. The van der Waals surface area contributed by atoms with Crippen LogP contribution in [-0.2, 0) is 4.79 Å². The topological polar surface area (TPSA) is 76.0 Å². The molecule has 0 spiro atoms. The van der Waals surface area contributed by atoms with Crippen molar-refractivity contribution in [3.63, 3.8) is 0 Å². The van der Waals surface area contributed by atoms with Gasteiger partial charge in [0, 0.05) is 11.8 Å². The van der Waals surface area contributed by atoms with Gasteiger partial charge in [0.1, 0.15) is 17.3 Å². The minimum absolute atomic E-state index is 0.110. The summed E-state index contributed by atoms with van der Waals surface area (Å²) in [6.45, 7) is 6.85. The van der Waals surface area contributed by atoms with Crippen molar-refractivity contribution < 1.29 is 24.5 Å². The van der Waals surface area contributed by atoms with Crippen LogP contribution in [0.15, 0.2) is 48.5 Å². The van der Waals surface area contributed by atoms with E-state index in [9.17, 15) is 15.0 Å². The second-order valence-electron chi connectivity index (χ2n) is 6.42. The Morgan fingerprint density at radius 2 is 1.00 bits per heavy atom. The van der Waals surface area contributed by atoms with E-state index in [4.69, 9.17) is 9.47 Å². The first kappa shape index (κ1) is 19.9. The Labute approximate surface area is 154 Å². The highest BCUT2D eigenvalue weighted by Crippen LogP contribution is 2.28. The molecule has 140 valence electrons. The van der Waals surface area contributed by atoms with Gasteiger partial charge >= 0.3 is 0 Å². The normalized spacial score (nSPS) is 15.6. The molecule has 0 amide bonds. The minimum Gasteiger partial charge on any atom is -0.465 e. The van der Waals surface area contributed by atoms with Gasteiger partial charge in [-0.2, -0.15) is 0 Å². The second kappa shape index (κ2) is 8.83. The summed E-state index contributed by atoms with van der Waals surface area (Å²) in [4.78, 5) is 12.8. The molecule has 26 heavy (non-hydrogen) atoms. The Morgan fingerprint density at radius 3 is 1.27 bits per heavy atom. The summed E-state index contributed by atoms with van der Waals surface area (Å²) in [5.74, 6) is 0.701. The molecule has 2 aromatic rings. The monoisotopic (exact) mass is 358 g/mol. The van der Waals surface area contributed by atoms with E-state index in [0.717, 1.165) is 11.1 Å². The molecule has 0 aliphatic rings. The van der Waals surface area contributed by atoms with Gasteiger partial charge in [-0.25, -0.2) is 0 Å². The van der Waals surface area contributed by atoms with Crippen molar-refractivity contribution >= 4 is 5.78 Å². The third-order valence-corrected chi connectivity index (χ3v) is 4.23. The summed E-state index contributed by atoms with van der Waals surface area (Å²) in [7, 11) is 0. The summed E-state index contributed by atoms with van der Waals surface area (Å²) < 4.78 is 10.4. The first-order valence-electron chi connectivity index (χ1n) is 8.71. The van der Waals surface area contributed by atoms with E-state index < -0.39 is 12.6 Å². The van der Waals surface area contributed by atoms with E-state index in [1.165, 1.54) is 0 Å². The Kier molecular flexibility index (Phi) is 6.77. The maximum atomic E-state index is 12.8. The SMILES string of the molecule is CC(O)Oc1ccc(C(C)C(=O)C(C)c2ccc(OC(C)O)cc2)cc1. The van der Waals surface area contributed by atoms with Crippen LogP contribution in [0.3, 0.4) is 0 Å². The zero-order chi connectivity index (χ0) is 19.3. The fourth-order valence-electron chi connectivity index (χ4n) is 2.77. The number of ether oxygens (including phenoxy) is 2. The third-order valence-electron chi connectivity index (χ3n) is 4.23. The molecular weight excluding hydrogens is 332 g/mol. The number of aliphatic hydroxyl groups is 2. The van der Waals surface area contributed by atoms with Crippen molar-refractivity contribution in [2.45, 2.75) is 52.1 Å². The van der Waals surface area contributed by atoms with Crippen molar-refractivity contribution in [2.24, 2.45) is 0 Å². The van der Waals surface area contributed by atoms with E-state index >= 15 is 0 Å². The second-order valence-corrected chi connectivity index (χ2v) is 6.42. The summed E-state index contributed by atoms with van der Waals surface area (Å²) in [5.41, 5.74) is 1.79. The van der Waals surface area contributed by atoms with Crippen molar-refractivity contribution in [1.82, 2.24) is 0 Å². The lowest BCUT2D eigenvalue weighted by molar-refractivity contribution is -0.121. The predicted molar refractivity (Wildman–Crippen MR) is 99.3 cm³/mol. The standard InChI is InChI=1S/C21H26O5/c1-13(17-5-9-19(10-6-17)25-15(3)22)21(24)14(2)18-7-11-20(12-8-18)26-16(4)23/h5-16,22-23H,1-4H3. The van der Waals surface area contributed by atoms with Crippen molar-refractivity contribution in [1.29, 1.82) is 0 Å². The Bertz CT molecular complexity index is 643. The van der Waals surface area contributed by atoms with E-state index in [0.29, 0.717) is 11.5 Å². The average Bonchev–Trinajstić information content (AvgIpc) is 2.60. The number of hydrogen-bond donors (Lipinski definition) is 2. The minimum atomic E-state index is -0.874. The third kappa shape index (κ3) is 5.31. The van der Waals surface area contributed by atoms with Crippen LogP contribution in [0.25, 0.3) is 0 Å². The lowest BCUT2D eigenvalue weighted by Gasteiger charge is -2.18. The maximum Gasteiger partial charge on any atom is 0.194 e. The zero-order valence-corrected chi connectivity index (χ0v) is 15.5. The van der Waals surface area contributed by atoms with Gasteiger partial charge < -0.3 is 19.7 Å². The van der Waals surface area contributed by atoms with Gasteiger partial charge in [0.25, 0.3) is 0 Å². The van der Waals surface area contributed by atoms with Crippen molar-refractivity contribution in [3.05, 3.63) is 59.7 Å². The molecule has 0 radical (unpaired) electrons. The zero-order valence-electron chi connectivity index (χ0n) is 15.5. The molecule has 0 heterocycles. The number of benzene rings is 2. The molecule has 0 bridgehead atoms. The number of ketones is 1. The highest BCUT2D eigenvalue weighted by atomic mass is 16.6. The molecule has 2 aromatic carbocycles. The molecule has 0 saturated carbocycles. The van der Waals surface area contributed by atoms with Crippen LogP contribution >= 0.6 is 0 Å². The van der Waals surface area contributed by atoms with Crippen LogP contribution in [0.5, 0.6) is 11.5 Å². The molecule has 0 aliphatic carbocycles. The Balaban J connectivity index is 2.06. The molecule has 0 saturated heterocycles. The Morgan fingerprint density at radius 1 is 0.692 bits per heavy atom. The molecular formula is C21H26O5. The maximum absolute atomic E-state index is 12.8. The molecule has 0 aliphatic heterocycles. The van der Waals surface area contributed by atoms with Gasteiger partial charge in [0.2, 0.25) is 0 Å². The van der Waals surface area contributed by atoms with Crippen LogP contribution in [0, 0.1) is 0 Å². The van der Waals surface area contributed by atoms with Gasteiger partial charge in [0.15, 0.2) is 12.6 Å². The summed E-state index contributed by atoms with van der Waals surface area (Å²) >= 11 is 0. The lowest BCUT2D eigenvalue weighted by Crippen LogP contribution is -2.17. The van der Waals surface area contributed by atoms with Gasteiger partial charge in [-0.1, -0.05) is 38.1 Å². The summed E-state index contributed by atoms with van der Waals surface area (Å²) in [6, 6.07) is 14.4. The first-order valence-corrected chi connectivity index (χ1v) is 8.71. The molecule has 5 nitrogen and oxygen atoms in total. The molecule has 0 aromatic heterocycles. The van der Waals surface area contributed by atoms with Crippen LogP contribution in [0.4, 0.5) is 0 Å². The van der Waals surface area contributed by atoms with Crippen LogP contribution < -0.4 is 9.47 Å². The molecule has 4 atom stereocenters. The first-order chi connectivity index (χ1) is 12.3. The highest BCUT2D eigenvalue weighted by Gasteiger charge is 2.23. The van der Waals surface area contributed by atoms with Crippen molar-refractivity contribution in [3.8, 4) is 11.5 Å². The molecule has 2 rings (SSSR count). The summed E-state index contributed by atoms with van der Waals surface area (Å²) in [6.07, 6.45) is -1.75. The Hall–Kier alpha value is -2.37. The highest BCUT2D eigenvalue weighted by molar-refractivity contribution is 5.91. The van der Waals surface area contributed by atoms with Gasteiger partial charge in [-0.15, -0.1) is 0 Å². The van der Waals surface area contributed by atoms with E-state index in [2.05, 4.69) is 0 Å². The van der Waals surface area contributed by atoms with E-state index in [1.807, 2.05) is 38.1 Å². The van der Waals surface area contributed by atoms with Gasteiger partial charge in [-0.3, -0.25) is 4.79 Å². The van der Waals surface area contributed by atoms with Crippen LogP contribution in [-0.4, -0.2) is 28.6 Å². The van der Waals surface area contributed by atoms with E-state index in [-0.39, 0.29) is 17.6 Å². The number of carbonyl (C=O) groups is 1. The van der Waals surface area contributed by atoms with E-state index in [1.54, 1.807) is 38.1 Å². The number of aliphatic hydroxyl groups excluding tert-OH is 2. The van der Waals surface area contributed by atoms with Crippen LogP contribution in [0.2, 0.25) is 0 Å². The predicted octanol–water partition coefficient (Wildman–Crippen LogP) is 3.60. The fourth-order valence-corrected chi connectivity index (χ4v) is 2.77. The molecule has 2 N–H and O–H groups in total. The largest absolute Gasteiger partial charge is 0.465 e. The fraction of sp³-hybridized carbons (Fsp3) is 0.381. The van der Waals surface area contributed by atoms with Crippen molar-refractivity contribution in [2.75, 3.05) is 0 Å². The quantitative estimate of drug-likeness (QED) is 0.705. The molecule has 4 unspecified atom stereocenters. The number of carbonyl (C=O) groups excluding carboxylic acids is 1. The van der Waals surface area contributed by atoms with Gasteiger partial charge in [0.05, 0.1) is 0 Å². The van der Waals surface area contributed by atoms with Gasteiger partial charge in [-0.05, 0) is 49.2 Å². The summed E-state index contributed by atoms with van der Waals surface area (Å²) in [5, 5.41) is 18.5. The van der Waals surface area contributed by atoms with Crippen LogP contribution in [0.1, 0.15) is 50.7 Å². The number of hydrogen-bond acceptors (Lipinski definition) is 5. The number of Topliss-reactive ketones (excluding diaryl/α,β-unsaturated/α-hetero) is 1. The molecule has 5 heteroatoms. The number of rotatable bonds is 8.